The molecule has 43 heavy (non-hydrogen) atoms. The number of benzene rings is 4. The first kappa shape index (κ1) is 29.4. The number of rotatable bonds is 11. The highest BCUT2D eigenvalue weighted by Crippen LogP contribution is 2.34. The van der Waals surface area contributed by atoms with E-state index in [1.54, 1.807) is 61.7 Å². The lowest BCUT2D eigenvalue weighted by molar-refractivity contribution is -0.140. The fourth-order valence-corrected chi connectivity index (χ4v) is 4.87. The number of methoxy groups -OCH3 is 3. The van der Waals surface area contributed by atoms with E-state index in [0.29, 0.717) is 44.6 Å². The van der Waals surface area contributed by atoms with Crippen molar-refractivity contribution in [1.82, 2.24) is 19.9 Å². The maximum Gasteiger partial charge on any atom is 0.251 e. The number of carbonyl (C=O) groups excluding carboxylic acids is 2. The van der Waals surface area contributed by atoms with Crippen LogP contribution in [0.5, 0.6) is 17.2 Å². The fourth-order valence-electron chi connectivity index (χ4n) is 4.74. The minimum Gasteiger partial charge on any atom is -0.497 e. The van der Waals surface area contributed by atoms with Crippen LogP contribution in [0.2, 0.25) is 5.02 Å². The Bertz CT molecular complexity index is 1720. The summed E-state index contributed by atoms with van der Waals surface area (Å²) in [5.41, 5.74) is 3.21. The third-order valence-corrected chi connectivity index (χ3v) is 7.18. The molecule has 1 aromatic heterocycles. The van der Waals surface area contributed by atoms with Gasteiger partial charge in [-0.2, -0.15) is 0 Å². The van der Waals surface area contributed by atoms with Gasteiger partial charge in [0.1, 0.15) is 23.9 Å². The van der Waals surface area contributed by atoms with Crippen molar-refractivity contribution in [2.75, 3.05) is 26.6 Å². The van der Waals surface area contributed by atoms with Crippen molar-refractivity contribution >= 4 is 40.1 Å². The summed E-state index contributed by atoms with van der Waals surface area (Å²) in [5, 5.41) is 11.9. The third kappa shape index (κ3) is 6.70. The summed E-state index contributed by atoms with van der Waals surface area (Å²) in [6.45, 7) is -0.0363. The van der Waals surface area contributed by atoms with E-state index in [2.05, 4.69) is 15.6 Å². The van der Waals surface area contributed by atoms with Crippen LogP contribution in [0.15, 0.2) is 91.0 Å². The first-order chi connectivity index (χ1) is 20.9. The van der Waals surface area contributed by atoms with Gasteiger partial charge < -0.3 is 24.4 Å². The Hall–Kier alpha value is -5.09. The van der Waals surface area contributed by atoms with Crippen molar-refractivity contribution in [2.24, 2.45) is 0 Å². The molecular formula is C32H30ClN5O5. The van der Waals surface area contributed by atoms with E-state index in [-0.39, 0.29) is 19.0 Å². The zero-order valence-electron chi connectivity index (χ0n) is 23.9. The number of halogens is 1. The lowest BCUT2D eigenvalue weighted by Crippen LogP contribution is -2.42. The van der Waals surface area contributed by atoms with E-state index >= 15 is 0 Å². The third-order valence-electron chi connectivity index (χ3n) is 6.93. The van der Waals surface area contributed by atoms with Gasteiger partial charge in [0.05, 0.1) is 26.8 Å². The Labute approximate surface area is 253 Å². The van der Waals surface area contributed by atoms with Crippen LogP contribution < -0.4 is 19.5 Å². The largest absolute Gasteiger partial charge is 0.497 e. The lowest BCUT2D eigenvalue weighted by Gasteiger charge is -2.32. The minimum atomic E-state index is -1.07. The fraction of sp³-hybridized carbons (Fsp3) is 0.188. The van der Waals surface area contributed by atoms with Crippen LogP contribution in [0, 0.1) is 0 Å². The van der Waals surface area contributed by atoms with Gasteiger partial charge in [-0.25, -0.2) is 4.68 Å². The first-order valence-corrected chi connectivity index (χ1v) is 13.8. The number of hydrogen-bond acceptors (Lipinski definition) is 7. The van der Waals surface area contributed by atoms with Crippen molar-refractivity contribution < 1.29 is 23.8 Å². The van der Waals surface area contributed by atoms with Crippen LogP contribution in [0.25, 0.3) is 11.0 Å². The Morgan fingerprint density at radius 1 is 0.884 bits per heavy atom. The molecule has 0 bridgehead atoms. The summed E-state index contributed by atoms with van der Waals surface area (Å²) in [4.78, 5) is 29.9. The average molecular weight is 600 g/mol. The van der Waals surface area contributed by atoms with E-state index in [4.69, 9.17) is 25.8 Å². The monoisotopic (exact) mass is 599 g/mol. The normalized spacial score (nSPS) is 11.5. The highest BCUT2D eigenvalue weighted by atomic mass is 35.5. The van der Waals surface area contributed by atoms with Gasteiger partial charge in [0.25, 0.3) is 5.91 Å². The van der Waals surface area contributed by atoms with Crippen molar-refractivity contribution in [1.29, 1.82) is 0 Å². The predicted octanol–water partition coefficient (Wildman–Crippen LogP) is 5.52. The number of amides is 2. The van der Waals surface area contributed by atoms with Gasteiger partial charge in [0.2, 0.25) is 5.91 Å². The van der Waals surface area contributed by atoms with Crippen molar-refractivity contribution in [3.05, 3.63) is 107 Å². The topological polar surface area (TPSA) is 108 Å². The predicted molar refractivity (Wildman–Crippen MR) is 163 cm³/mol. The van der Waals surface area contributed by atoms with Gasteiger partial charge in [0.15, 0.2) is 11.5 Å². The molecule has 2 amide bonds. The maximum absolute atomic E-state index is 14.2. The summed E-state index contributed by atoms with van der Waals surface area (Å²) in [6, 6.07) is 25.5. The van der Waals surface area contributed by atoms with E-state index in [9.17, 15) is 9.59 Å². The van der Waals surface area contributed by atoms with Crippen molar-refractivity contribution in [3.8, 4) is 17.2 Å². The number of carbonyl (C=O) groups is 2. The SMILES string of the molecule is COc1ccc(NC(=O)C(c2ccc(OC)c(OC)c2)N(Cc2ccc(Cl)cc2)C(=O)Cn2nnc3ccccc32)cc1. The van der Waals surface area contributed by atoms with Crippen molar-refractivity contribution in [2.45, 2.75) is 19.1 Å². The average Bonchev–Trinajstić information content (AvgIpc) is 3.44. The molecule has 5 rings (SSSR count). The molecule has 5 aromatic rings. The van der Waals surface area contributed by atoms with Gasteiger partial charge in [-0.15, -0.1) is 5.10 Å². The molecule has 11 heteroatoms. The molecule has 0 aliphatic rings. The number of nitrogens with zero attached hydrogens (tertiary/aromatic N) is 4. The summed E-state index contributed by atoms with van der Waals surface area (Å²) < 4.78 is 17.7. The molecule has 10 nitrogen and oxygen atoms in total. The Morgan fingerprint density at radius 3 is 2.30 bits per heavy atom. The Balaban J connectivity index is 1.58. The second-order valence-corrected chi connectivity index (χ2v) is 10.1. The molecule has 1 N–H and O–H groups in total. The molecule has 0 saturated carbocycles. The second-order valence-electron chi connectivity index (χ2n) is 9.62. The van der Waals surface area contributed by atoms with E-state index in [1.165, 1.54) is 23.8 Å². The zero-order valence-corrected chi connectivity index (χ0v) is 24.6. The van der Waals surface area contributed by atoms with E-state index in [0.717, 1.165) is 5.56 Å². The molecular weight excluding hydrogens is 570 g/mol. The van der Waals surface area contributed by atoms with Crippen LogP contribution >= 0.6 is 11.6 Å². The number of anilines is 1. The summed E-state index contributed by atoms with van der Waals surface area (Å²) >= 11 is 6.15. The number of aromatic nitrogens is 3. The number of fused-ring (bicyclic) bond motifs is 1. The smallest absolute Gasteiger partial charge is 0.251 e. The van der Waals surface area contributed by atoms with Gasteiger partial charge in [-0.1, -0.05) is 47.1 Å². The Kier molecular flexibility index (Phi) is 9.07. The number of para-hydroxylation sites is 1. The van der Waals surface area contributed by atoms with Crippen LogP contribution in [0.3, 0.4) is 0 Å². The van der Waals surface area contributed by atoms with Crippen LogP contribution in [0.1, 0.15) is 17.2 Å². The molecule has 1 heterocycles. The standard InChI is InChI=1S/C32H30ClN5O5/c1-41-25-15-13-24(14-16-25)34-32(40)31(22-10-17-28(42-2)29(18-22)43-3)37(19-21-8-11-23(33)12-9-21)30(39)20-38-27-7-5-4-6-26(27)35-36-38/h4-18,31H,19-20H2,1-3H3,(H,34,40). The van der Waals surface area contributed by atoms with Gasteiger partial charge in [-0.3, -0.25) is 9.59 Å². The van der Waals surface area contributed by atoms with Gasteiger partial charge in [-0.05, 0) is 71.8 Å². The quantitative estimate of drug-likeness (QED) is 0.213. The maximum atomic E-state index is 14.2. The molecule has 0 spiro atoms. The molecule has 0 saturated heterocycles. The van der Waals surface area contributed by atoms with Crippen LogP contribution in [-0.2, 0) is 22.7 Å². The van der Waals surface area contributed by atoms with Crippen molar-refractivity contribution in [3.63, 3.8) is 0 Å². The highest BCUT2D eigenvalue weighted by Gasteiger charge is 2.33. The van der Waals surface area contributed by atoms with Crippen LogP contribution in [0.4, 0.5) is 5.69 Å². The molecule has 220 valence electrons. The molecule has 0 radical (unpaired) electrons. The number of hydrogen-bond donors (Lipinski definition) is 1. The molecule has 0 aliphatic carbocycles. The summed E-state index contributed by atoms with van der Waals surface area (Å²) in [7, 11) is 4.62. The minimum absolute atomic E-state index is 0.109. The number of ether oxygens (including phenoxy) is 3. The zero-order chi connectivity index (χ0) is 30.3. The molecule has 1 atom stereocenters. The van der Waals surface area contributed by atoms with Gasteiger partial charge in [0, 0.05) is 17.3 Å². The first-order valence-electron chi connectivity index (χ1n) is 13.4. The summed E-state index contributed by atoms with van der Waals surface area (Å²) in [6.07, 6.45) is 0. The lowest BCUT2D eigenvalue weighted by atomic mass is 10.0. The van der Waals surface area contributed by atoms with E-state index < -0.39 is 11.9 Å². The van der Waals surface area contributed by atoms with E-state index in [1.807, 2.05) is 36.4 Å². The van der Waals surface area contributed by atoms with Gasteiger partial charge >= 0.3 is 0 Å². The second kappa shape index (κ2) is 13.3. The molecule has 0 aliphatic heterocycles. The number of nitrogens with one attached hydrogen (secondary N) is 1. The molecule has 1 unspecified atom stereocenters. The molecule has 0 fully saturated rings. The summed E-state index contributed by atoms with van der Waals surface area (Å²) in [5.74, 6) is 0.779. The Morgan fingerprint density at radius 2 is 1.60 bits per heavy atom. The molecule has 4 aromatic carbocycles. The van der Waals surface area contributed by atoms with Crippen LogP contribution in [-0.4, -0.2) is 53.0 Å². The highest BCUT2D eigenvalue weighted by molar-refractivity contribution is 6.30.